The summed E-state index contributed by atoms with van der Waals surface area (Å²) in [6, 6.07) is 46.1. The molecule has 0 N–H and O–H groups in total. The highest BCUT2D eigenvalue weighted by Crippen LogP contribution is 2.56. The first-order valence-electron chi connectivity index (χ1n) is 16.0. The summed E-state index contributed by atoms with van der Waals surface area (Å²) in [5.41, 5.74) is 5.81. The van der Waals surface area contributed by atoms with Crippen LogP contribution in [0.4, 0.5) is 0 Å². The van der Waals surface area contributed by atoms with E-state index >= 15 is 0 Å². The zero-order valence-corrected chi connectivity index (χ0v) is 28.6. The zero-order valence-electron chi connectivity index (χ0n) is 26.8. The summed E-state index contributed by atoms with van der Waals surface area (Å²) < 4.78 is 0. The second kappa shape index (κ2) is 12.5. The van der Waals surface area contributed by atoms with E-state index < -0.39 is 15.8 Å². The van der Waals surface area contributed by atoms with Gasteiger partial charge in [-0.1, -0.05) is 169 Å². The molecule has 6 aromatic rings. The molecule has 45 heavy (non-hydrogen) atoms. The Morgan fingerprint density at radius 1 is 0.533 bits per heavy atom. The van der Waals surface area contributed by atoms with E-state index in [2.05, 4.69) is 174 Å². The van der Waals surface area contributed by atoms with Crippen LogP contribution in [-0.2, 0) is 0 Å². The van der Waals surface area contributed by atoms with Crippen LogP contribution in [0.5, 0.6) is 0 Å². The fraction of sp³-hybridized carbons (Fsp3) is 0.163. The van der Waals surface area contributed by atoms with Crippen LogP contribution in [0.1, 0.15) is 29.2 Å². The number of fused-ring (bicyclic) bond motifs is 2. The molecule has 1 unspecified atom stereocenters. The molecule has 0 amide bonds. The van der Waals surface area contributed by atoms with Crippen molar-refractivity contribution in [2.75, 3.05) is 0 Å². The summed E-state index contributed by atoms with van der Waals surface area (Å²) in [5.74, 6) is 0.335. The molecule has 0 heterocycles. The van der Waals surface area contributed by atoms with E-state index in [1.54, 1.807) is 5.31 Å². The predicted octanol–water partition coefficient (Wildman–Crippen LogP) is 10.3. The highest BCUT2D eigenvalue weighted by atomic mass is 31.1. The maximum atomic E-state index is 2.52. The summed E-state index contributed by atoms with van der Waals surface area (Å²) in [5, 5.41) is 12.8. The van der Waals surface area contributed by atoms with Crippen LogP contribution in [0.15, 0.2) is 145 Å². The molecule has 222 valence electrons. The number of aryl methyl sites for hydroxylation is 4. The Morgan fingerprint density at radius 3 is 1.47 bits per heavy atom. The van der Waals surface area contributed by atoms with E-state index in [4.69, 9.17) is 0 Å². The third-order valence-electron chi connectivity index (χ3n) is 9.10. The smallest absolute Gasteiger partial charge is 0.0103 e. The van der Waals surface area contributed by atoms with Crippen molar-refractivity contribution in [2.24, 2.45) is 5.92 Å². The topological polar surface area (TPSA) is 0 Å². The summed E-state index contributed by atoms with van der Waals surface area (Å²) in [7, 11) is -1.43. The average molecular weight is 619 g/mol. The Hall–Kier alpha value is -3.82. The van der Waals surface area contributed by atoms with Crippen LogP contribution in [0.25, 0.3) is 21.5 Å². The number of hydrogen-bond acceptors (Lipinski definition) is 0. The average Bonchev–Trinajstić information content (AvgIpc) is 3.50. The van der Waals surface area contributed by atoms with Gasteiger partial charge in [0.15, 0.2) is 0 Å². The SMILES string of the molecule is Cc1cc(C)cc(P(c2cc(C)cc(C)c2)[C@H](C)C2C=CC=C2P(c2cccc3ccccc23)c2cccc3ccccc23)c1. The van der Waals surface area contributed by atoms with E-state index in [0.29, 0.717) is 11.6 Å². The number of allylic oxidation sites excluding steroid dienone is 4. The normalized spacial score (nSPS) is 15.4. The standard InChI is InChI=1S/C43H40P2/c1-29-23-30(2)26-36(25-29)44(37-27-31(3)24-32(4)28-37)33(5)38-19-12-22-41(38)45(42-20-10-15-34-13-6-8-17-39(34)42)43-21-11-16-35-14-7-9-18-40(35)43/h6-28,33,38H,1-5H3/t33-,38?/m1/s1. The summed E-state index contributed by atoms with van der Waals surface area (Å²) in [6.07, 6.45) is 7.32. The lowest BCUT2D eigenvalue weighted by molar-refractivity contribution is 0.785. The first-order chi connectivity index (χ1) is 21.9. The Morgan fingerprint density at radius 2 is 0.978 bits per heavy atom. The molecule has 0 spiro atoms. The Bertz CT molecular complexity index is 1920. The molecule has 7 rings (SSSR count). The van der Waals surface area contributed by atoms with Crippen molar-refractivity contribution in [3.05, 3.63) is 167 Å². The Kier molecular flexibility index (Phi) is 8.31. The minimum atomic E-state index is -0.802. The van der Waals surface area contributed by atoms with Crippen molar-refractivity contribution in [1.29, 1.82) is 0 Å². The lowest BCUT2D eigenvalue weighted by Gasteiger charge is -2.35. The first kappa shape index (κ1) is 29.9. The fourth-order valence-electron chi connectivity index (χ4n) is 7.29. The molecule has 6 aromatic carbocycles. The van der Waals surface area contributed by atoms with E-state index in [0.717, 1.165) is 0 Å². The number of hydrogen-bond donors (Lipinski definition) is 0. The maximum Gasteiger partial charge on any atom is 0.0103 e. The van der Waals surface area contributed by atoms with E-state index in [9.17, 15) is 0 Å². The van der Waals surface area contributed by atoms with Gasteiger partial charge in [0, 0.05) is 5.92 Å². The van der Waals surface area contributed by atoms with Gasteiger partial charge in [-0.05, 0) is 97.3 Å². The van der Waals surface area contributed by atoms with Crippen molar-refractivity contribution in [3.8, 4) is 0 Å². The molecule has 2 heteroatoms. The largest absolute Gasteiger partial charge is 0.0763 e. The zero-order chi connectivity index (χ0) is 31.1. The molecule has 0 aliphatic heterocycles. The first-order valence-corrected chi connectivity index (χ1v) is 18.7. The van der Waals surface area contributed by atoms with E-state index in [1.165, 1.54) is 65.0 Å². The van der Waals surface area contributed by atoms with Crippen LogP contribution in [0, 0.1) is 33.6 Å². The van der Waals surface area contributed by atoms with Crippen LogP contribution in [-0.4, -0.2) is 5.66 Å². The van der Waals surface area contributed by atoms with Gasteiger partial charge in [0.1, 0.15) is 0 Å². The summed E-state index contributed by atoms with van der Waals surface area (Å²) in [4.78, 5) is 0. The Labute approximate surface area is 271 Å². The lowest BCUT2D eigenvalue weighted by Crippen LogP contribution is -2.28. The van der Waals surface area contributed by atoms with Crippen molar-refractivity contribution >= 4 is 58.6 Å². The van der Waals surface area contributed by atoms with E-state index in [1.807, 2.05) is 0 Å². The van der Waals surface area contributed by atoms with Gasteiger partial charge >= 0.3 is 0 Å². The van der Waals surface area contributed by atoms with Gasteiger partial charge in [-0.3, -0.25) is 0 Å². The van der Waals surface area contributed by atoms with Crippen molar-refractivity contribution in [3.63, 3.8) is 0 Å². The molecule has 0 bridgehead atoms. The molecule has 0 aromatic heterocycles. The molecule has 0 fully saturated rings. The van der Waals surface area contributed by atoms with Crippen LogP contribution >= 0.6 is 15.8 Å². The highest BCUT2D eigenvalue weighted by Gasteiger charge is 2.36. The van der Waals surface area contributed by atoms with Crippen LogP contribution in [0.2, 0.25) is 0 Å². The predicted molar refractivity (Wildman–Crippen MR) is 202 cm³/mol. The quantitative estimate of drug-likeness (QED) is 0.156. The molecular formula is C43H40P2. The molecular weight excluding hydrogens is 578 g/mol. The summed E-state index contributed by atoms with van der Waals surface area (Å²) in [6.45, 7) is 11.5. The van der Waals surface area contributed by atoms with Crippen molar-refractivity contribution in [2.45, 2.75) is 40.3 Å². The van der Waals surface area contributed by atoms with Gasteiger partial charge in [0.25, 0.3) is 0 Å². The second-order valence-corrected chi connectivity index (χ2v) is 17.4. The molecule has 0 saturated carbocycles. The molecule has 1 aliphatic rings. The second-order valence-electron chi connectivity index (χ2n) is 12.6. The lowest BCUT2D eigenvalue weighted by atomic mass is 10.1. The number of rotatable bonds is 7. The molecule has 0 radical (unpaired) electrons. The Balaban J connectivity index is 1.42. The molecule has 1 aliphatic carbocycles. The maximum absolute atomic E-state index is 2.52. The summed E-state index contributed by atoms with van der Waals surface area (Å²) >= 11 is 0. The van der Waals surface area contributed by atoms with Crippen LogP contribution < -0.4 is 21.2 Å². The minimum absolute atomic E-state index is 0.335. The monoisotopic (exact) mass is 618 g/mol. The van der Waals surface area contributed by atoms with Gasteiger partial charge < -0.3 is 0 Å². The van der Waals surface area contributed by atoms with E-state index in [-0.39, 0.29) is 0 Å². The molecule has 2 atom stereocenters. The number of benzene rings is 6. The van der Waals surface area contributed by atoms with Crippen LogP contribution in [0.3, 0.4) is 0 Å². The molecule has 0 saturated heterocycles. The van der Waals surface area contributed by atoms with Gasteiger partial charge in [-0.15, -0.1) is 0 Å². The molecule has 0 nitrogen and oxygen atoms in total. The fourth-order valence-corrected chi connectivity index (χ4v) is 13.6. The van der Waals surface area contributed by atoms with Gasteiger partial charge in [-0.25, -0.2) is 0 Å². The van der Waals surface area contributed by atoms with Gasteiger partial charge in [0.05, 0.1) is 0 Å². The van der Waals surface area contributed by atoms with Gasteiger partial charge in [-0.2, -0.15) is 0 Å². The third kappa shape index (κ3) is 5.84. The highest BCUT2D eigenvalue weighted by molar-refractivity contribution is 7.78. The minimum Gasteiger partial charge on any atom is -0.0763 e. The van der Waals surface area contributed by atoms with Gasteiger partial charge in [0.2, 0.25) is 0 Å². The van der Waals surface area contributed by atoms with Crippen molar-refractivity contribution < 1.29 is 0 Å². The van der Waals surface area contributed by atoms with Crippen molar-refractivity contribution in [1.82, 2.24) is 0 Å². The third-order valence-corrected chi connectivity index (χ3v) is 14.6.